The number of aryl methyl sites for hydroxylation is 1. The quantitative estimate of drug-likeness (QED) is 0.690. The molecule has 0 aliphatic heterocycles. The van der Waals surface area contributed by atoms with E-state index in [1.165, 1.54) is 11.1 Å². The van der Waals surface area contributed by atoms with E-state index in [1.54, 1.807) is 0 Å². The van der Waals surface area contributed by atoms with Crippen molar-refractivity contribution in [3.8, 4) is 0 Å². The molecular formula is C20H30N2O2. The maximum Gasteiger partial charge on any atom is 0.251 e. The molecule has 1 saturated carbocycles. The van der Waals surface area contributed by atoms with Gasteiger partial charge in [-0.25, -0.2) is 0 Å². The SMILES string of the molecule is C/C=C(/CN(C(=O)C(C)OCC)C1CC1)c1cccnc1CCC. The molecule has 1 fully saturated rings. The van der Waals surface area contributed by atoms with E-state index in [-0.39, 0.29) is 12.0 Å². The molecule has 0 radical (unpaired) electrons. The summed E-state index contributed by atoms with van der Waals surface area (Å²) in [5, 5.41) is 0. The number of ether oxygens (including phenoxy) is 1. The maximum absolute atomic E-state index is 12.8. The number of carbonyl (C=O) groups is 1. The molecule has 0 N–H and O–H groups in total. The first-order chi connectivity index (χ1) is 11.6. The molecule has 1 heterocycles. The highest BCUT2D eigenvalue weighted by Gasteiger charge is 2.35. The Morgan fingerprint density at radius 3 is 2.79 bits per heavy atom. The van der Waals surface area contributed by atoms with Crippen LogP contribution >= 0.6 is 0 Å². The van der Waals surface area contributed by atoms with Crippen LogP contribution in [-0.4, -0.2) is 41.1 Å². The third kappa shape index (κ3) is 4.67. The third-order valence-electron chi connectivity index (χ3n) is 4.45. The van der Waals surface area contributed by atoms with Gasteiger partial charge in [-0.05, 0) is 51.7 Å². The molecule has 24 heavy (non-hydrogen) atoms. The molecule has 0 aromatic carbocycles. The summed E-state index contributed by atoms with van der Waals surface area (Å²) in [6.07, 6.45) is 7.80. The van der Waals surface area contributed by atoms with Crippen molar-refractivity contribution in [1.29, 1.82) is 0 Å². The van der Waals surface area contributed by atoms with Gasteiger partial charge in [-0.3, -0.25) is 9.78 Å². The predicted molar refractivity (Wildman–Crippen MR) is 97.7 cm³/mol. The van der Waals surface area contributed by atoms with Crippen molar-refractivity contribution in [1.82, 2.24) is 9.88 Å². The second-order valence-corrected chi connectivity index (χ2v) is 6.36. The fourth-order valence-corrected chi connectivity index (χ4v) is 3.01. The number of allylic oxidation sites excluding steroid dienone is 1. The summed E-state index contributed by atoms with van der Waals surface area (Å²) in [5.41, 5.74) is 3.47. The van der Waals surface area contributed by atoms with E-state index < -0.39 is 0 Å². The van der Waals surface area contributed by atoms with Gasteiger partial charge in [0.05, 0.1) is 0 Å². The third-order valence-corrected chi connectivity index (χ3v) is 4.45. The van der Waals surface area contributed by atoms with E-state index in [4.69, 9.17) is 4.74 Å². The Balaban J connectivity index is 2.20. The standard InChI is InChI=1S/C20H30N2O2/c1-5-9-19-18(10-8-13-21-19)16(6-2)14-22(17-11-12-17)20(23)15(4)24-7-3/h6,8,10,13,15,17H,5,7,9,11-12,14H2,1-4H3/b16-6-. The van der Waals surface area contributed by atoms with Crippen molar-refractivity contribution in [3.63, 3.8) is 0 Å². The van der Waals surface area contributed by atoms with Crippen molar-refractivity contribution < 1.29 is 9.53 Å². The molecule has 1 aromatic rings. The molecule has 0 bridgehead atoms. The van der Waals surface area contributed by atoms with Crippen LogP contribution in [0.4, 0.5) is 0 Å². The number of amides is 1. The lowest BCUT2D eigenvalue weighted by atomic mass is 10.0. The molecule has 4 nitrogen and oxygen atoms in total. The Labute approximate surface area is 145 Å². The highest BCUT2D eigenvalue weighted by atomic mass is 16.5. The van der Waals surface area contributed by atoms with Crippen molar-refractivity contribution in [2.24, 2.45) is 0 Å². The van der Waals surface area contributed by atoms with Gasteiger partial charge >= 0.3 is 0 Å². The molecule has 1 aromatic heterocycles. The molecule has 1 atom stereocenters. The second-order valence-electron chi connectivity index (χ2n) is 6.36. The molecule has 2 rings (SSSR count). The van der Waals surface area contributed by atoms with Crippen LogP contribution in [0.25, 0.3) is 5.57 Å². The van der Waals surface area contributed by atoms with Crippen molar-refractivity contribution in [2.45, 2.75) is 65.5 Å². The predicted octanol–water partition coefficient (Wildman–Crippen LogP) is 3.85. The lowest BCUT2D eigenvalue weighted by molar-refractivity contribution is -0.142. The van der Waals surface area contributed by atoms with Crippen LogP contribution in [0.3, 0.4) is 0 Å². The molecule has 1 aliphatic rings. The Morgan fingerprint density at radius 2 is 2.21 bits per heavy atom. The lowest BCUT2D eigenvalue weighted by Crippen LogP contribution is -2.41. The van der Waals surface area contributed by atoms with E-state index in [1.807, 2.05) is 37.9 Å². The monoisotopic (exact) mass is 330 g/mol. The van der Waals surface area contributed by atoms with Crippen molar-refractivity contribution >= 4 is 11.5 Å². The maximum atomic E-state index is 12.8. The van der Waals surface area contributed by atoms with Gasteiger partial charge in [0.2, 0.25) is 0 Å². The average molecular weight is 330 g/mol. The number of carbonyl (C=O) groups excluding carboxylic acids is 1. The molecule has 1 unspecified atom stereocenters. The van der Waals surface area contributed by atoms with Crippen LogP contribution in [0, 0.1) is 0 Å². The summed E-state index contributed by atoms with van der Waals surface area (Å²) < 4.78 is 5.52. The minimum atomic E-state index is -0.377. The Morgan fingerprint density at radius 1 is 1.46 bits per heavy atom. The minimum absolute atomic E-state index is 0.0969. The average Bonchev–Trinajstić information content (AvgIpc) is 3.42. The molecule has 132 valence electrons. The van der Waals surface area contributed by atoms with Gasteiger partial charge in [-0.1, -0.05) is 25.5 Å². The number of hydrogen-bond donors (Lipinski definition) is 0. The van der Waals surface area contributed by atoms with Crippen LogP contribution in [0.2, 0.25) is 0 Å². The summed E-state index contributed by atoms with van der Waals surface area (Å²) in [4.78, 5) is 19.3. The summed E-state index contributed by atoms with van der Waals surface area (Å²) in [6.45, 7) is 9.18. The van der Waals surface area contributed by atoms with Crippen LogP contribution in [0.15, 0.2) is 24.4 Å². The Hall–Kier alpha value is -1.68. The van der Waals surface area contributed by atoms with Crippen LogP contribution in [-0.2, 0) is 16.0 Å². The topological polar surface area (TPSA) is 42.4 Å². The highest BCUT2D eigenvalue weighted by molar-refractivity contribution is 5.83. The summed E-state index contributed by atoms with van der Waals surface area (Å²) in [7, 11) is 0. The van der Waals surface area contributed by atoms with Gasteiger partial charge in [0.1, 0.15) is 6.10 Å². The first kappa shape index (κ1) is 18.7. The van der Waals surface area contributed by atoms with Gasteiger partial charge in [-0.2, -0.15) is 0 Å². The van der Waals surface area contributed by atoms with Gasteiger partial charge in [-0.15, -0.1) is 0 Å². The molecule has 1 amide bonds. The fraction of sp³-hybridized carbons (Fsp3) is 0.600. The first-order valence-electron chi connectivity index (χ1n) is 9.13. The second kappa shape index (κ2) is 8.97. The highest BCUT2D eigenvalue weighted by Crippen LogP contribution is 2.30. The molecular weight excluding hydrogens is 300 g/mol. The van der Waals surface area contributed by atoms with Crippen LogP contribution < -0.4 is 0 Å². The largest absolute Gasteiger partial charge is 0.369 e. The van der Waals surface area contributed by atoms with Gasteiger partial charge in [0.15, 0.2) is 0 Å². The number of rotatable bonds is 9. The van der Waals surface area contributed by atoms with Gasteiger partial charge < -0.3 is 9.64 Å². The van der Waals surface area contributed by atoms with Crippen molar-refractivity contribution in [3.05, 3.63) is 35.7 Å². The summed E-state index contributed by atoms with van der Waals surface area (Å²) in [5.74, 6) is 0.0969. The lowest BCUT2D eigenvalue weighted by Gasteiger charge is -2.27. The zero-order chi connectivity index (χ0) is 17.5. The normalized spacial score (nSPS) is 16.1. The van der Waals surface area contributed by atoms with E-state index in [2.05, 4.69) is 24.1 Å². The molecule has 0 spiro atoms. The van der Waals surface area contributed by atoms with E-state index in [0.717, 1.165) is 31.4 Å². The molecule has 1 aliphatic carbocycles. The zero-order valence-electron chi connectivity index (χ0n) is 15.4. The number of nitrogens with zero attached hydrogens (tertiary/aromatic N) is 2. The van der Waals surface area contributed by atoms with Crippen molar-refractivity contribution in [2.75, 3.05) is 13.2 Å². The number of pyridine rings is 1. The van der Waals surface area contributed by atoms with Crippen LogP contribution in [0.1, 0.15) is 58.2 Å². The Kier molecular flexibility index (Phi) is 6.98. The van der Waals surface area contributed by atoms with Crippen LogP contribution in [0.5, 0.6) is 0 Å². The molecule has 0 saturated heterocycles. The minimum Gasteiger partial charge on any atom is -0.369 e. The number of hydrogen-bond acceptors (Lipinski definition) is 3. The zero-order valence-corrected chi connectivity index (χ0v) is 15.4. The van der Waals surface area contributed by atoms with E-state index >= 15 is 0 Å². The van der Waals surface area contributed by atoms with Gasteiger partial charge in [0, 0.05) is 36.6 Å². The fourth-order valence-electron chi connectivity index (χ4n) is 3.01. The van der Waals surface area contributed by atoms with Gasteiger partial charge in [0.25, 0.3) is 5.91 Å². The molecule has 4 heteroatoms. The van der Waals surface area contributed by atoms with E-state index in [9.17, 15) is 4.79 Å². The Bertz CT molecular complexity index is 579. The first-order valence-corrected chi connectivity index (χ1v) is 9.13. The summed E-state index contributed by atoms with van der Waals surface area (Å²) >= 11 is 0. The summed E-state index contributed by atoms with van der Waals surface area (Å²) in [6, 6.07) is 4.46. The number of aromatic nitrogens is 1. The van der Waals surface area contributed by atoms with E-state index in [0.29, 0.717) is 19.2 Å². The smallest absolute Gasteiger partial charge is 0.251 e.